The van der Waals surface area contributed by atoms with Gasteiger partial charge in [-0.1, -0.05) is 32.0 Å². The van der Waals surface area contributed by atoms with Crippen LogP contribution in [0.5, 0.6) is 5.75 Å². The van der Waals surface area contributed by atoms with Crippen LogP contribution in [0.25, 0.3) is 10.9 Å². The van der Waals surface area contributed by atoms with Crippen LogP contribution in [0.1, 0.15) is 29.8 Å². The van der Waals surface area contributed by atoms with Crippen LogP contribution >= 0.6 is 0 Å². The van der Waals surface area contributed by atoms with Gasteiger partial charge < -0.3 is 15.0 Å². The van der Waals surface area contributed by atoms with Gasteiger partial charge in [0.05, 0.1) is 5.52 Å². The average molecular weight is 351 g/mol. The van der Waals surface area contributed by atoms with E-state index in [1.807, 2.05) is 13.8 Å². The van der Waals surface area contributed by atoms with Crippen molar-refractivity contribution in [2.45, 2.75) is 27.3 Å². The summed E-state index contributed by atoms with van der Waals surface area (Å²) in [5.74, 6) is -0.413. The number of nitrogens with zero attached hydrogens (tertiary/aromatic N) is 2. The maximum atomic E-state index is 13.0. The van der Waals surface area contributed by atoms with E-state index in [0.717, 1.165) is 5.56 Å². The number of hydrogen-bond donors (Lipinski definition) is 2. The Hall–Kier alpha value is -3.15. The molecule has 26 heavy (non-hydrogen) atoms. The Morgan fingerprint density at radius 3 is 2.65 bits per heavy atom. The zero-order valence-corrected chi connectivity index (χ0v) is 15.0. The van der Waals surface area contributed by atoms with E-state index in [9.17, 15) is 14.7 Å². The summed E-state index contributed by atoms with van der Waals surface area (Å²) in [7, 11) is 0. The number of carbonyl (C=O) groups is 1. The molecule has 6 heteroatoms. The fraction of sp³-hybridized carbons (Fsp3) is 0.250. The van der Waals surface area contributed by atoms with Crippen molar-refractivity contribution in [2.24, 2.45) is 5.92 Å². The smallest absolute Gasteiger partial charge is 0.267 e. The molecule has 2 heterocycles. The topological polar surface area (TPSA) is 84.2 Å². The standard InChI is InChI=1S/C20H21N3O3/c1-12(2)11-23-15-9-5-4-8-14(15)17(24)16(20(23)26)19(25)22-18-13(3)7-6-10-21-18/h4-10,12,24H,11H2,1-3H3,(H,21,22,25). The molecule has 0 fully saturated rings. The van der Waals surface area contributed by atoms with Crippen molar-refractivity contribution in [3.63, 3.8) is 0 Å². The second kappa shape index (κ2) is 7.00. The van der Waals surface area contributed by atoms with Gasteiger partial charge in [0, 0.05) is 18.1 Å². The third-order valence-electron chi connectivity index (χ3n) is 4.16. The number of aryl methyl sites for hydroxylation is 1. The second-order valence-electron chi connectivity index (χ2n) is 6.67. The van der Waals surface area contributed by atoms with Gasteiger partial charge in [-0.3, -0.25) is 9.59 Å². The van der Waals surface area contributed by atoms with E-state index < -0.39 is 11.5 Å². The number of fused-ring (bicyclic) bond motifs is 1. The summed E-state index contributed by atoms with van der Waals surface area (Å²) < 4.78 is 1.54. The molecular formula is C20H21N3O3. The summed E-state index contributed by atoms with van der Waals surface area (Å²) in [5.41, 5.74) is 0.591. The molecule has 2 aromatic heterocycles. The predicted octanol–water partition coefficient (Wildman–Crippen LogP) is 3.32. The number of benzene rings is 1. The first-order valence-electron chi connectivity index (χ1n) is 8.47. The van der Waals surface area contributed by atoms with Gasteiger partial charge in [0.15, 0.2) is 0 Å². The molecule has 2 N–H and O–H groups in total. The summed E-state index contributed by atoms with van der Waals surface area (Å²) in [6, 6.07) is 10.6. The van der Waals surface area contributed by atoms with Gasteiger partial charge in [0.25, 0.3) is 11.5 Å². The Kier molecular flexibility index (Phi) is 4.75. The van der Waals surface area contributed by atoms with Crippen molar-refractivity contribution in [1.82, 2.24) is 9.55 Å². The Morgan fingerprint density at radius 2 is 1.96 bits per heavy atom. The highest BCUT2D eigenvalue weighted by Crippen LogP contribution is 2.27. The minimum Gasteiger partial charge on any atom is -0.506 e. The first kappa shape index (κ1) is 17.7. The molecule has 3 aromatic rings. The molecule has 0 bridgehead atoms. The second-order valence-corrected chi connectivity index (χ2v) is 6.67. The van der Waals surface area contributed by atoms with Crippen LogP contribution in [0, 0.1) is 12.8 Å². The van der Waals surface area contributed by atoms with E-state index in [4.69, 9.17) is 0 Å². The molecule has 134 valence electrons. The van der Waals surface area contributed by atoms with E-state index in [1.165, 1.54) is 0 Å². The number of para-hydroxylation sites is 1. The van der Waals surface area contributed by atoms with Crippen LogP contribution in [0.15, 0.2) is 47.4 Å². The molecular weight excluding hydrogens is 330 g/mol. The highest BCUT2D eigenvalue weighted by atomic mass is 16.3. The number of rotatable bonds is 4. The number of aromatic nitrogens is 2. The number of aromatic hydroxyl groups is 1. The van der Waals surface area contributed by atoms with Crippen LogP contribution in [0.4, 0.5) is 5.82 Å². The van der Waals surface area contributed by atoms with E-state index in [0.29, 0.717) is 23.3 Å². The van der Waals surface area contributed by atoms with Gasteiger partial charge >= 0.3 is 0 Å². The van der Waals surface area contributed by atoms with Gasteiger partial charge in [-0.2, -0.15) is 0 Å². The van der Waals surface area contributed by atoms with Crippen LogP contribution in [-0.2, 0) is 6.54 Å². The van der Waals surface area contributed by atoms with Gasteiger partial charge in [-0.25, -0.2) is 4.98 Å². The van der Waals surface area contributed by atoms with Crippen molar-refractivity contribution in [3.05, 3.63) is 64.1 Å². The van der Waals surface area contributed by atoms with Crippen molar-refractivity contribution in [1.29, 1.82) is 0 Å². The Balaban J connectivity index is 2.18. The highest BCUT2D eigenvalue weighted by Gasteiger charge is 2.23. The minimum absolute atomic E-state index is 0.203. The van der Waals surface area contributed by atoms with Crippen molar-refractivity contribution >= 4 is 22.6 Å². The van der Waals surface area contributed by atoms with Crippen molar-refractivity contribution in [3.8, 4) is 5.75 Å². The molecule has 0 aliphatic heterocycles. The number of anilines is 1. The maximum Gasteiger partial charge on any atom is 0.267 e. The lowest BCUT2D eigenvalue weighted by Crippen LogP contribution is -2.31. The third kappa shape index (κ3) is 3.18. The third-order valence-corrected chi connectivity index (χ3v) is 4.16. The molecule has 0 saturated carbocycles. The summed E-state index contributed by atoms with van der Waals surface area (Å²) in [6.45, 7) is 6.23. The average Bonchev–Trinajstić information content (AvgIpc) is 2.60. The molecule has 6 nitrogen and oxygen atoms in total. The molecule has 0 spiro atoms. The molecule has 3 rings (SSSR count). The van der Waals surface area contributed by atoms with Gasteiger partial charge in [-0.05, 0) is 36.6 Å². The summed E-state index contributed by atoms with van der Waals surface area (Å²) in [6.07, 6.45) is 1.56. The zero-order chi connectivity index (χ0) is 18.8. The lowest BCUT2D eigenvalue weighted by atomic mass is 10.1. The summed E-state index contributed by atoms with van der Waals surface area (Å²) in [5, 5.41) is 13.7. The molecule has 0 atom stereocenters. The summed E-state index contributed by atoms with van der Waals surface area (Å²) >= 11 is 0. The van der Waals surface area contributed by atoms with Crippen LogP contribution < -0.4 is 10.9 Å². The molecule has 1 aromatic carbocycles. The fourth-order valence-corrected chi connectivity index (χ4v) is 2.93. The fourth-order valence-electron chi connectivity index (χ4n) is 2.93. The monoisotopic (exact) mass is 351 g/mol. The number of pyridine rings is 2. The zero-order valence-electron chi connectivity index (χ0n) is 15.0. The van der Waals surface area contributed by atoms with E-state index in [-0.39, 0.29) is 17.2 Å². The van der Waals surface area contributed by atoms with Gasteiger partial charge in [0.2, 0.25) is 0 Å². The molecule has 1 amide bonds. The van der Waals surface area contributed by atoms with Crippen molar-refractivity contribution in [2.75, 3.05) is 5.32 Å². The Bertz CT molecular complexity index is 1040. The molecule has 0 unspecified atom stereocenters. The quantitative estimate of drug-likeness (QED) is 0.755. The first-order valence-corrected chi connectivity index (χ1v) is 8.47. The number of nitrogens with one attached hydrogen (secondary N) is 1. The van der Waals surface area contributed by atoms with Gasteiger partial charge in [-0.15, -0.1) is 0 Å². The van der Waals surface area contributed by atoms with E-state index >= 15 is 0 Å². The Morgan fingerprint density at radius 1 is 1.23 bits per heavy atom. The number of amides is 1. The number of carbonyl (C=O) groups excluding carboxylic acids is 1. The largest absolute Gasteiger partial charge is 0.506 e. The van der Waals surface area contributed by atoms with E-state index in [2.05, 4.69) is 10.3 Å². The molecule has 0 saturated heterocycles. The first-order chi connectivity index (χ1) is 12.4. The summed E-state index contributed by atoms with van der Waals surface area (Å²) in [4.78, 5) is 29.9. The normalized spacial score (nSPS) is 11.1. The van der Waals surface area contributed by atoms with Crippen LogP contribution in [-0.4, -0.2) is 20.6 Å². The molecule has 0 aliphatic carbocycles. The Labute approximate surface area is 151 Å². The lowest BCUT2D eigenvalue weighted by Gasteiger charge is -2.16. The van der Waals surface area contributed by atoms with Gasteiger partial charge in [0.1, 0.15) is 17.1 Å². The van der Waals surface area contributed by atoms with Crippen molar-refractivity contribution < 1.29 is 9.90 Å². The van der Waals surface area contributed by atoms with Crippen LogP contribution in [0.2, 0.25) is 0 Å². The highest BCUT2D eigenvalue weighted by molar-refractivity contribution is 6.08. The minimum atomic E-state index is -0.669. The SMILES string of the molecule is Cc1cccnc1NC(=O)c1c(O)c2ccccc2n(CC(C)C)c1=O. The number of hydrogen-bond acceptors (Lipinski definition) is 4. The lowest BCUT2D eigenvalue weighted by molar-refractivity contribution is 0.102. The predicted molar refractivity (Wildman–Crippen MR) is 102 cm³/mol. The maximum absolute atomic E-state index is 13.0. The van der Waals surface area contributed by atoms with E-state index in [1.54, 1.807) is 54.1 Å². The molecule has 0 aliphatic rings. The molecule has 0 radical (unpaired) electrons. The van der Waals surface area contributed by atoms with Crippen LogP contribution in [0.3, 0.4) is 0 Å².